The molecule has 9 heteroatoms. The van der Waals surface area contributed by atoms with Crippen LogP contribution >= 0.6 is 0 Å². The van der Waals surface area contributed by atoms with Gasteiger partial charge in [-0.15, -0.1) is 0 Å². The van der Waals surface area contributed by atoms with Gasteiger partial charge in [0.1, 0.15) is 0 Å². The van der Waals surface area contributed by atoms with Gasteiger partial charge in [0, 0.05) is 36.5 Å². The highest BCUT2D eigenvalue weighted by atomic mass is 19.3. The Hall–Kier alpha value is -2.29. The molecule has 2 fully saturated rings. The van der Waals surface area contributed by atoms with Crippen molar-refractivity contribution in [3.8, 4) is 0 Å². The van der Waals surface area contributed by atoms with Crippen LogP contribution in [0.4, 0.5) is 28.0 Å². The van der Waals surface area contributed by atoms with Gasteiger partial charge < -0.3 is 20.4 Å². The molecule has 0 saturated heterocycles. The van der Waals surface area contributed by atoms with E-state index in [1.54, 1.807) is 0 Å². The van der Waals surface area contributed by atoms with Gasteiger partial charge in [-0.25, -0.2) is 22.4 Å². The second kappa shape index (κ2) is 7.27. The molecule has 28 heavy (non-hydrogen) atoms. The number of carbonyl (C=O) groups excluding carboxylic acids is 1. The molecule has 2 aromatic rings. The molecule has 2 aliphatic rings. The van der Waals surface area contributed by atoms with E-state index in [1.807, 2.05) is 0 Å². The first-order chi connectivity index (χ1) is 13.3. The topological polar surface area (TPSA) is 66.2 Å². The molecular formula is C19H21F4N3O2. The van der Waals surface area contributed by atoms with Gasteiger partial charge in [0.25, 0.3) is 5.92 Å². The third kappa shape index (κ3) is 4.09. The van der Waals surface area contributed by atoms with Crippen molar-refractivity contribution in [2.45, 2.75) is 62.7 Å². The number of H-pyrrole nitrogens is 1. The van der Waals surface area contributed by atoms with Crippen LogP contribution < -0.4 is 10.6 Å². The van der Waals surface area contributed by atoms with Crippen LogP contribution in [0.2, 0.25) is 0 Å². The third-order valence-corrected chi connectivity index (χ3v) is 5.42. The predicted octanol–water partition coefficient (Wildman–Crippen LogP) is 4.69. The van der Waals surface area contributed by atoms with Crippen LogP contribution in [-0.2, 0) is 4.74 Å². The number of alkyl halides is 2. The number of hydrogen-bond donors (Lipinski definition) is 3. The first-order valence-corrected chi connectivity index (χ1v) is 9.36. The summed E-state index contributed by atoms with van der Waals surface area (Å²) in [6, 6.07) is 1.58. The Morgan fingerprint density at radius 2 is 1.75 bits per heavy atom. The number of hydrogen-bond acceptors (Lipinski definition) is 2. The number of benzene rings is 1. The van der Waals surface area contributed by atoms with Crippen molar-refractivity contribution in [3.63, 3.8) is 0 Å². The maximum absolute atomic E-state index is 13.4. The quantitative estimate of drug-likeness (QED) is 0.653. The number of ether oxygens (including phenoxy) is 1. The van der Waals surface area contributed by atoms with Crippen LogP contribution in [0.1, 0.15) is 38.5 Å². The van der Waals surface area contributed by atoms with Crippen molar-refractivity contribution in [2.24, 2.45) is 0 Å². The Morgan fingerprint density at radius 1 is 1.07 bits per heavy atom. The Balaban J connectivity index is 1.26. The molecule has 0 bridgehead atoms. The van der Waals surface area contributed by atoms with E-state index in [-0.39, 0.29) is 31.1 Å². The number of aromatic amines is 1. The minimum absolute atomic E-state index is 0.0475. The van der Waals surface area contributed by atoms with Crippen molar-refractivity contribution in [3.05, 3.63) is 30.0 Å². The lowest BCUT2D eigenvalue weighted by atomic mass is 9.89. The van der Waals surface area contributed by atoms with E-state index in [4.69, 9.17) is 4.74 Å². The van der Waals surface area contributed by atoms with Crippen LogP contribution in [0.5, 0.6) is 0 Å². The average molecular weight is 399 g/mol. The monoisotopic (exact) mass is 399 g/mol. The van der Waals surface area contributed by atoms with Crippen LogP contribution in [-0.4, -0.2) is 35.2 Å². The molecule has 2 saturated carbocycles. The molecule has 0 atom stereocenters. The summed E-state index contributed by atoms with van der Waals surface area (Å²) in [7, 11) is 0. The number of urea groups is 1. The highest BCUT2D eigenvalue weighted by Gasteiger charge is 2.47. The van der Waals surface area contributed by atoms with E-state index in [0.29, 0.717) is 42.3 Å². The van der Waals surface area contributed by atoms with Gasteiger partial charge in [0.15, 0.2) is 11.6 Å². The maximum Gasteiger partial charge on any atom is 0.319 e. The van der Waals surface area contributed by atoms with Gasteiger partial charge in [-0.05, 0) is 31.7 Å². The molecule has 152 valence electrons. The molecule has 0 unspecified atom stereocenters. The fourth-order valence-corrected chi connectivity index (χ4v) is 3.88. The normalized spacial score (nSPS) is 24.7. The summed E-state index contributed by atoms with van der Waals surface area (Å²) in [5.74, 6) is -4.54. The third-order valence-electron chi connectivity index (χ3n) is 5.42. The predicted molar refractivity (Wildman–Crippen MR) is 95.5 cm³/mol. The Bertz CT molecular complexity index is 869. The van der Waals surface area contributed by atoms with E-state index >= 15 is 0 Å². The van der Waals surface area contributed by atoms with Crippen molar-refractivity contribution in [1.82, 2.24) is 10.3 Å². The highest BCUT2D eigenvalue weighted by molar-refractivity contribution is 6.01. The number of amides is 2. The summed E-state index contributed by atoms with van der Waals surface area (Å²) in [6.45, 7) is 0. The van der Waals surface area contributed by atoms with Crippen molar-refractivity contribution >= 4 is 22.6 Å². The lowest BCUT2D eigenvalue weighted by Crippen LogP contribution is -2.45. The number of fused-ring (bicyclic) bond motifs is 1. The molecule has 4 rings (SSSR count). The van der Waals surface area contributed by atoms with E-state index in [1.165, 1.54) is 6.20 Å². The molecule has 0 aliphatic heterocycles. The zero-order chi connectivity index (χ0) is 19.9. The van der Waals surface area contributed by atoms with Gasteiger partial charge in [0.05, 0.1) is 23.4 Å². The summed E-state index contributed by atoms with van der Waals surface area (Å²) in [5.41, 5.74) is 0.739. The molecule has 2 aliphatic carbocycles. The SMILES string of the molecule is O=C(Nc1c[nH]c2cc(F)c(F)cc12)NC1CCC(OC2CC(F)(F)C2)CC1. The summed E-state index contributed by atoms with van der Waals surface area (Å²) in [5, 5.41) is 5.88. The van der Waals surface area contributed by atoms with Crippen LogP contribution in [0, 0.1) is 11.6 Å². The maximum atomic E-state index is 13.4. The molecule has 1 aromatic carbocycles. The zero-order valence-electron chi connectivity index (χ0n) is 15.0. The smallest absolute Gasteiger partial charge is 0.319 e. The zero-order valence-corrected chi connectivity index (χ0v) is 15.0. The second-order valence-corrected chi connectivity index (χ2v) is 7.61. The van der Waals surface area contributed by atoms with Crippen molar-refractivity contribution in [2.75, 3.05) is 5.32 Å². The summed E-state index contributed by atoms with van der Waals surface area (Å²) in [4.78, 5) is 15.0. The van der Waals surface area contributed by atoms with Crippen LogP contribution in [0.15, 0.2) is 18.3 Å². The number of carbonyl (C=O) groups is 1. The Kier molecular flexibility index (Phi) is 4.95. The van der Waals surface area contributed by atoms with Gasteiger partial charge in [-0.1, -0.05) is 0 Å². The minimum Gasteiger partial charge on any atom is -0.375 e. The number of halogens is 4. The number of nitrogens with one attached hydrogen (secondary N) is 3. The van der Waals surface area contributed by atoms with E-state index in [2.05, 4.69) is 15.6 Å². The van der Waals surface area contributed by atoms with Crippen molar-refractivity contribution in [1.29, 1.82) is 0 Å². The van der Waals surface area contributed by atoms with Crippen LogP contribution in [0.25, 0.3) is 10.9 Å². The number of aromatic nitrogens is 1. The first-order valence-electron chi connectivity index (χ1n) is 9.36. The molecule has 2 amide bonds. The second-order valence-electron chi connectivity index (χ2n) is 7.61. The first kappa shape index (κ1) is 19.0. The molecule has 3 N–H and O–H groups in total. The summed E-state index contributed by atoms with van der Waals surface area (Å²) in [6.07, 6.45) is 3.43. The molecular weight excluding hydrogens is 378 g/mol. The van der Waals surface area contributed by atoms with Crippen molar-refractivity contribution < 1.29 is 27.1 Å². The summed E-state index contributed by atoms with van der Waals surface area (Å²) >= 11 is 0. The van der Waals surface area contributed by atoms with E-state index < -0.39 is 23.6 Å². The lowest BCUT2D eigenvalue weighted by molar-refractivity contribution is -0.185. The number of rotatable bonds is 4. The largest absolute Gasteiger partial charge is 0.375 e. The molecule has 1 heterocycles. The summed E-state index contributed by atoms with van der Waals surface area (Å²) < 4.78 is 58.1. The Labute approximate surface area is 158 Å². The minimum atomic E-state index is -2.58. The fraction of sp³-hybridized carbons (Fsp3) is 0.526. The highest BCUT2D eigenvalue weighted by Crippen LogP contribution is 2.41. The van der Waals surface area contributed by atoms with Crippen LogP contribution in [0.3, 0.4) is 0 Å². The van der Waals surface area contributed by atoms with Gasteiger partial charge in [-0.2, -0.15) is 0 Å². The van der Waals surface area contributed by atoms with Gasteiger partial charge in [-0.3, -0.25) is 0 Å². The van der Waals surface area contributed by atoms with E-state index in [9.17, 15) is 22.4 Å². The Morgan fingerprint density at radius 3 is 2.43 bits per heavy atom. The van der Waals surface area contributed by atoms with E-state index in [0.717, 1.165) is 12.1 Å². The average Bonchev–Trinajstić information content (AvgIpc) is 2.97. The molecule has 1 aromatic heterocycles. The standard InChI is InChI=1S/C19H21F4N3O2/c20-14-5-13-16(6-15(14)21)24-9-17(13)26-18(27)25-10-1-3-11(4-2-10)28-12-7-19(22,23)8-12/h5-6,9-12,24H,1-4,7-8H2,(H2,25,26,27). The lowest BCUT2D eigenvalue weighted by Gasteiger charge is -2.39. The molecule has 5 nitrogen and oxygen atoms in total. The van der Waals surface area contributed by atoms with Gasteiger partial charge in [0.2, 0.25) is 0 Å². The molecule has 0 radical (unpaired) electrons. The fourth-order valence-electron chi connectivity index (χ4n) is 3.88. The molecule has 0 spiro atoms. The number of anilines is 1. The van der Waals surface area contributed by atoms with Gasteiger partial charge >= 0.3 is 6.03 Å².